The van der Waals surface area contributed by atoms with Crippen LogP contribution in [0.15, 0.2) is 36.4 Å². The fourth-order valence-corrected chi connectivity index (χ4v) is 6.47. The Labute approximate surface area is 216 Å². The molecule has 0 saturated heterocycles. The van der Waals surface area contributed by atoms with Crippen molar-refractivity contribution in [3.8, 4) is 11.1 Å². The number of hydrogen-bond acceptors (Lipinski definition) is 0. The van der Waals surface area contributed by atoms with Crippen LogP contribution in [-0.2, 0) is 0 Å². The Morgan fingerprint density at radius 3 is 1.92 bits per heavy atom. The van der Waals surface area contributed by atoms with Gasteiger partial charge in [-0.15, -0.1) is 0 Å². The van der Waals surface area contributed by atoms with Gasteiger partial charge < -0.3 is 0 Å². The number of benzene rings is 2. The van der Waals surface area contributed by atoms with Crippen LogP contribution in [0.4, 0.5) is 26.3 Å². The fraction of sp³-hybridized carbons (Fsp3) is 0.548. The average Bonchev–Trinajstić information content (AvgIpc) is 2.86. The van der Waals surface area contributed by atoms with Crippen molar-refractivity contribution in [3.63, 3.8) is 0 Å². The van der Waals surface area contributed by atoms with Crippen LogP contribution in [0.25, 0.3) is 17.2 Å². The molecule has 2 aliphatic rings. The van der Waals surface area contributed by atoms with Crippen molar-refractivity contribution >= 4 is 6.08 Å². The van der Waals surface area contributed by atoms with Crippen LogP contribution in [0.2, 0.25) is 0 Å². The normalized spacial score (nSPS) is 25.1. The Balaban J connectivity index is 1.39. The van der Waals surface area contributed by atoms with Crippen molar-refractivity contribution in [1.82, 2.24) is 0 Å². The molecule has 0 radical (unpaired) electrons. The molecule has 2 fully saturated rings. The minimum atomic E-state index is -4.58. The summed E-state index contributed by atoms with van der Waals surface area (Å²) in [4.78, 5) is 0. The zero-order valence-electron chi connectivity index (χ0n) is 21.4. The third kappa shape index (κ3) is 7.20. The number of halogens is 6. The molecule has 0 amide bonds. The van der Waals surface area contributed by atoms with E-state index in [0.717, 1.165) is 49.7 Å². The minimum Gasteiger partial charge on any atom is -0.206 e. The second kappa shape index (κ2) is 12.1. The maximum atomic E-state index is 15.1. The van der Waals surface area contributed by atoms with Crippen LogP contribution in [-0.4, -0.2) is 6.18 Å². The van der Waals surface area contributed by atoms with Crippen LogP contribution in [0.5, 0.6) is 0 Å². The Hall–Kier alpha value is -2.24. The van der Waals surface area contributed by atoms with E-state index in [4.69, 9.17) is 0 Å². The molecule has 0 N–H and O–H groups in total. The van der Waals surface area contributed by atoms with Gasteiger partial charge in [-0.2, -0.15) is 13.2 Å². The highest BCUT2D eigenvalue weighted by molar-refractivity contribution is 5.68. The second-order valence-electron chi connectivity index (χ2n) is 11.0. The zero-order valence-corrected chi connectivity index (χ0v) is 21.4. The number of unbranched alkanes of at least 4 members (excludes halogenated alkanes) is 1. The highest BCUT2D eigenvalue weighted by Crippen LogP contribution is 2.45. The molecule has 2 aliphatic carbocycles. The first-order chi connectivity index (χ1) is 17.6. The quantitative estimate of drug-likeness (QED) is 0.317. The summed E-state index contributed by atoms with van der Waals surface area (Å²) in [6.45, 7) is 2.25. The van der Waals surface area contributed by atoms with E-state index >= 15 is 8.78 Å². The van der Waals surface area contributed by atoms with Gasteiger partial charge in [-0.1, -0.05) is 51.2 Å². The lowest BCUT2D eigenvalue weighted by molar-refractivity contribution is -0.0790. The second-order valence-corrected chi connectivity index (χ2v) is 11.0. The molecule has 37 heavy (non-hydrogen) atoms. The van der Waals surface area contributed by atoms with Crippen molar-refractivity contribution in [1.29, 1.82) is 0 Å². The number of allylic oxidation sites excluding steroid dienone is 1. The molecule has 0 unspecified atom stereocenters. The topological polar surface area (TPSA) is 0 Å². The molecular formula is C31H36F6. The number of hydrogen-bond donors (Lipinski definition) is 0. The smallest absolute Gasteiger partial charge is 0.206 e. The lowest BCUT2D eigenvalue weighted by atomic mass is 9.68. The van der Waals surface area contributed by atoms with E-state index in [1.54, 1.807) is 0 Å². The third-order valence-electron chi connectivity index (χ3n) is 8.57. The van der Waals surface area contributed by atoms with E-state index < -0.39 is 23.6 Å². The molecule has 0 bridgehead atoms. The van der Waals surface area contributed by atoms with Gasteiger partial charge in [-0.05, 0) is 97.6 Å². The lowest BCUT2D eigenvalue weighted by Gasteiger charge is -2.38. The van der Waals surface area contributed by atoms with E-state index in [9.17, 15) is 17.6 Å². The first-order valence-electron chi connectivity index (χ1n) is 13.7. The highest BCUT2D eigenvalue weighted by atomic mass is 19.4. The van der Waals surface area contributed by atoms with Crippen molar-refractivity contribution in [3.05, 3.63) is 65.0 Å². The molecule has 202 valence electrons. The van der Waals surface area contributed by atoms with Crippen LogP contribution in [0, 0.1) is 35.2 Å². The molecule has 4 rings (SSSR count). The fourth-order valence-electron chi connectivity index (χ4n) is 6.47. The van der Waals surface area contributed by atoms with Crippen molar-refractivity contribution in [2.24, 2.45) is 17.8 Å². The molecule has 2 saturated carbocycles. The molecule has 0 aliphatic heterocycles. The summed E-state index contributed by atoms with van der Waals surface area (Å²) in [6, 6.07) is 5.90. The van der Waals surface area contributed by atoms with Gasteiger partial charge in [-0.3, -0.25) is 0 Å². The predicted molar refractivity (Wildman–Crippen MR) is 137 cm³/mol. The van der Waals surface area contributed by atoms with Crippen molar-refractivity contribution < 1.29 is 26.3 Å². The number of rotatable bonds is 7. The summed E-state index contributed by atoms with van der Waals surface area (Å²) in [6.07, 6.45) is 9.16. The Bertz CT molecular complexity index is 1050. The first kappa shape index (κ1) is 27.8. The molecule has 0 heterocycles. The monoisotopic (exact) mass is 522 g/mol. The first-order valence-corrected chi connectivity index (χ1v) is 13.7. The summed E-state index contributed by atoms with van der Waals surface area (Å²) in [5.41, 5.74) is -0.0700. The van der Waals surface area contributed by atoms with Gasteiger partial charge in [0.2, 0.25) is 0 Å². The Morgan fingerprint density at radius 1 is 0.784 bits per heavy atom. The van der Waals surface area contributed by atoms with Gasteiger partial charge in [0, 0.05) is 11.6 Å². The largest absolute Gasteiger partial charge is 0.409 e. The minimum absolute atomic E-state index is 0.0403. The summed E-state index contributed by atoms with van der Waals surface area (Å²) < 4.78 is 81.6. The standard InChI is InChI=1S/C31H36F6/c1-2-3-4-20-5-7-21(8-6-20)22-9-11-23(12-10-22)26-18-28(33)30(29(34)19-26)25-14-13-24(27(32)17-25)15-16-31(35,36)37/h13-23H,2-12H2,1H3/b16-15+. The lowest BCUT2D eigenvalue weighted by Crippen LogP contribution is -2.25. The average molecular weight is 523 g/mol. The van der Waals surface area contributed by atoms with Crippen molar-refractivity contribution in [2.75, 3.05) is 0 Å². The molecule has 0 aromatic heterocycles. The van der Waals surface area contributed by atoms with E-state index in [1.165, 1.54) is 63.1 Å². The maximum Gasteiger partial charge on any atom is 0.409 e. The van der Waals surface area contributed by atoms with Gasteiger partial charge in [0.05, 0.1) is 5.56 Å². The molecule has 0 nitrogen and oxygen atoms in total. The summed E-state index contributed by atoms with van der Waals surface area (Å²) in [7, 11) is 0. The van der Waals surface area contributed by atoms with E-state index in [1.807, 2.05) is 0 Å². The summed E-state index contributed by atoms with van der Waals surface area (Å²) >= 11 is 0. The van der Waals surface area contributed by atoms with Crippen LogP contribution < -0.4 is 0 Å². The van der Waals surface area contributed by atoms with E-state index in [-0.39, 0.29) is 28.7 Å². The molecule has 0 atom stereocenters. The van der Waals surface area contributed by atoms with Crippen molar-refractivity contribution in [2.45, 2.75) is 89.6 Å². The Kier molecular flexibility index (Phi) is 9.07. The van der Waals surface area contributed by atoms with E-state index in [2.05, 4.69) is 6.92 Å². The SMILES string of the molecule is CCCCC1CCC(C2CCC(c3cc(F)c(-c4ccc(/C=C/C(F)(F)F)c(F)c4)c(F)c3)CC2)CC1. The molecule has 0 spiro atoms. The van der Waals surface area contributed by atoms with Crippen LogP contribution in [0.3, 0.4) is 0 Å². The predicted octanol–water partition coefficient (Wildman–Crippen LogP) is 10.6. The van der Waals surface area contributed by atoms with E-state index in [0.29, 0.717) is 17.6 Å². The molecular weight excluding hydrogens is 486 g/mol. The summed E-state index contributed by atoms with van der Waals surface area (Å²) in [5, 5.41) is 0. The van der Waals surface area contributed by atoms with Crippen LogP contribution in [0.1, 0.15) is 94.6 Å². The Morgan fingerprint density at radius 2 is 1.38 bits per heavy atom. The zero-order chi connectivity index (χ0) is 26.6. The van der Waals surface area contributed by atoms with Gasteiger partial charge in [-0.25, -0.2) is 13.2 Å². The van der Waals surface area contributed by atoms with Gasteiger partial charge in [0.15, 0.2) is 0 Å². The number of alkyl halides is 3. The van der Waals surface area contributed by atoms with Gasteiger partial charge in [0.25, 0.3) is 0 Å². The maximum absolute atomic E-state index is 15.1. The highest BCUT2D eigenvalue weighted by Gasteiger charge is 2.32. The summed E-state index contributed by atoms with van der Waals surface area (Å²) in [5.74, 6) is -0.0665. The van der Waals surface area contributed by atoms with Gasteiger partial charge >= 0.3 is 6.18 Å². The van der Waals surface area contributed by atoms with Gasteiger partial charge in [0.1, 0.15) is 17.5 Å². The molecule has 2 aromatic carbocycles. The van der Waals surface area contributed by atoms with Crippen LogP contribution >= 0.6 is 0 Å². The molecule has 2 aromatic rings. The third-order valence-corrected chi connectivity index (χ3v) is 8.57. The molecule has 6 heteroatoms.